The number of fused-ring (bicyclic) bond motifs is 1. The lowest BCUT2D eigenvalue weighted by Crippen LogP contribution is -2.22. The van der Waals surface area contributed by atoms with Gasteiger partial charge in [-0.2, -0.15) is 0 Å². The summed E-state index contributed by atoms with van der Waals surface area (Å²) in [5.74, 6) is -0.691. The monoisotopic (exact) mass is 512 g/mol. The van der Waals surface area contributed by atoms with Crippen LogP contribution in [0.5, 0.6) is 0 Å². The molecule has 7 nitrogen and oxygen atoms in total. The van der Waals surface area contributed by atoms with Gasteiger partial charge in [-0.15, -0.1) is 11.3 Å². The Morgan fingerprint density at radius 1 is 1.16 bits per heavy atom. The third kappa shape index (κ3) is 4.35. The zero-order chi connectivity index (χ0) is 22.8. The number of aromatic nitrogens is 1. The summed E-state index contributed by atoms with van der Waals surface area (Å²) in [5, 5.41) is 2.85. The Balaban J connectivity index is 1.70. The molecule has 2 aromatic carbocycles. The Morgan fingerprint density at radius 3 is 2.59 bits per heavy atom. The summed E-state index contributed by atoms with van der Waals surface area (Å²) in [5.41, 5.74) is 1.61. The van der Waals surface area contributed by atoms with Crippen molar-refractivity contribution in [3.8, 4) is 11.3 Å². The van der Waals surface area contributed by atoms with E-state index in [4.69, 9.17) is 9.15 Å². The van der Waals surface area contributed by atoms with E-state index in [1.165, 1.54) is 23.2 Å². The molecule has 0 N–H and O–H groups in total. The Bertz CT molecular complexity index is 1380. The summed E-state index contributed by atoms with van der Waals surface area (Å²) in [6.45, 7) is 3.43. The summed E-state index contributed by atoms with van der Waals surface area (Å²) in [6.07, 6.45) is 0. The number of anilines is 2. The van der Waals surface area contributed by atoms with E-state index in [0.29, 0.717) is 33.2 Å². The van der Waals surface area contributed by atoms with Crippen molar-refractivity contribution in [1.82, 2.24) is 4.98 Å². The first-order valence-corrected chi connectivity index (χ1v) is 11.3. The fourth-order valence-electron chi connectivity index (χ4n) is 3.15. The summed E-state index contributed by atoms with van der Waals surface area (Å²) in [4.78, 5) is 42.7. The van der Waals surface area contributed by atoms with Crippen molar-refractivity contribution in [2.24, 2.45) is 0 Å². The van der Waals surface area contributed by atoms with Crippen LogP contribution in [0.15, 0.2) is 67.6 Å². The van der Waals surface area contributed by atoms with Crippen LogP contribution in [0.25, 0.3) is 22.2 Å². The number of carbonyl (C=O) groups is 2. The predicted molar refractivity (Wildman–Crippen MR) is 127 cm³/mol. The number of benzene rings is 2. The number of halogens is 1. The zero-order valence-corrected chi connectivity index (χ0v) is 19.5. The van der Waals surface area contributed by atoms with Crippen LogP contribution >= 0.6 is 27.3 Å². The first-order valence-electron chi connectivity index (χ1n) is 9.64. The molecule has 9 heteroatoms. The molecule has 0 unspecified atom stereocenters. The summed E-state index contributed by atoms with van der Waals surface area (Å²) < 4.78 is 11.3. The van der Waals surface area contributed by atoms with Crippen LogP contribution in [0.1, 0.15) is 24.2 Å². The van der Waals surface area contributed by atoms with Crippen LogP contribution < -0.4 is 10.5 Å². The minimum atomic E-state index is -0.509. The van der Waals surface area contributed by atoms with Gasteiger partial charge in [-0.05, 0) is 55.5 Å². The lowest BCUT2D eigenvalue weighted by atomic mass is 10.1. The molecule has 0 bridgehead atoms. The topological polar surface area (TPSA) is 89.7 Å². The molecule has 0 radical (unpaired) electrons. The van der Waals surface area contributed by atoms with E-state index in [1.807, 2.05) is 6.07 Å². The van der Waals surface area contributed by atoms with Crippen molar-refractivity contribution in [3.05, 3.63) is 74.4 Å². The number of hydrogen-bond donors (Lipinski definition) is 0. The van der Waals surface area contributed by atoms with E-state index in [2.05, 4.69) is 20.9 Å². The fraction of sp³-hybridized carbons (Fsp3) is 0.130. The Hall–Kier alpha value is -3.30. The number of carbonyl (C=O) groups excluding carboxylic acids is 2. The molecule has 4 rings (SSSR count). The number of nitrogens with zero attached hydrogens (tertiary/aromatic N) is 2. The zero-order valence-electron chi connectivity index (χ0n) is 17.1. The number of amides is 1. The molecule has 0 aliphatic heterocycles. The van der Waals surface area contributed by atoms with E-state index < -0.39 is 11.6 Å². The molecule has 0 saturated heterocycles. The molecule has 162 valence electrons. The molecule has 2 heterocycles. The van der Waals surface area contributed by atoms with Gasteiger partial charge in [0.25, 0.3) is 0 Å². The van der Waals surface area contributed by atoms with Crippen LogP contribution in [0.3, 0.4) is 0 Å². The standard InChI is InChI=1S/C23H17BrN2O5S/c1-3-30-21(28)14-4-7-17(8-5-14)26(13(2)27)23-25-19(12-32-23)18-11-15-10-16(24)6-9-20(15)31-22(18)29/h4-12H,3H2,1-2H3. The maximum absolute atomic E-state index is 12.5. The average molecular weight is 513 g/mol. The predicted octanol–water partition coefficient (Wildman–Crippen LogP) is 5.54. The van der Waals surface area contributed by atoms with Gasteiger partial charge in [-0.25, -0.2) is 14.6 Å². The van der Waals surface area contributed by atoms with Gasteiger partial charge < -0.3 is 9.15 Å². The normalized spacial score (nSPS) is 10.8. The van der Waals surface area contributed by atoms with Crippen LogP contribution in [0, 0.1) is 0 Å². The van der Waals surface area contributed by atoms with Crippen LogP contribution in [0.4, 0.5) is 10.8 Å². The Kier molecular flexibility index (Phi) is 6.20. The second-order valence-corrected chi connectivity index (χ2v) is 8.52. The average Bonchev–Trinajstić information content (AvgIpc) is 3.23. The highest BCUT2D eigenvalue weighted by Gasteiger charge is 2.20. The second-order valence-electron chi connectivity index (χ2n) is 6.77. The third-order valence-corrected chi connectivity index (χ3v) is 5.92. The van der Waals surface area contributed by atoms with Crippen molar-refractivity contribution >= 4 is 60.9 Å². The molecule has 32 heavy (non-hydrogen) atoms. The van der Waals surface area contributed by atoms with Crippen LogP contribution in [-0.2, 0) is 9.53 Å². The van der Waals surface area contributed by atoms with E-state index in [1.54, 1.807) is 54.8 Å². The Morgan fingerprint density at radius 2 is 1.91 bits per heavy atom. The maximum Gasteiger partial charge on any atom is 0.345 e. The first kappa shape index (κ1) is 21.9. The number of thiazole rings is 1. The molecular weight excluding hydrogens is 496 g/mol. The van der Waals surface area contributed by atoms with Gasteiger partial charge in [-0.1, -0.05) is 15.9 Å². The summed E-state index contributed by atoms with van der Waals surface area (Å²) in [6, 6.07) is 13.6. The van der Waals surface area contributed by atoms with Gasteiger partial charge in [0.2, 0.25) is 5.91 Å². The van der Waals surface area contributed by atoms with Crippen molar-refractivity contribution < 1.29 is 18.7 Å². The molecule has 0 fully saturated rings. The number of ether oxygens (including phenoxy) is 1. The van der Waals surface area contributed by atoms with E-state index in [-0.39, 0.29) is 12.5 Å². The highest BCUT2D eigenvalue weighted by atomic mass is 79.9. The highest BCUT2D eigenvalue weighted by Crippen LogP contribution is 2.32. The van der Waals surface area contributed by atoms with Crippen LogP contribution in [0.2, 0.25) is 0 Å². The minimum Gasteiger partial charge on any atom is -0.462 e. The quantitative estimate of drug-likeness (QED) is 0.257. The number of hydrogen-bond acceptors (Lipinski definition) is 7. The van der Waals surface area contributed by atoms with Crippen molar-refractivity contribution in [2.45, 2.75) is 13.8 Å². The molecule has 0 aliphatic rings. The number of esters is 1. The second kappa shape index (κ2) is 9.05. The van der Waals surface area contributed by atoms with Crippen molar-refractivity contribution in [2.75, 3.05) is 11.5 Å². The lowest BCUT2D eigenvalue weighted by Gasteiger charge is -2.18. The molecule has 2 aromatic heterocycles. The Labute approximate surface area is 195 Å². The van der Waals surface area contributed by atoms with Crippen LogP contribution in [-0.4, -0.2) is 23.5 Å². The summed E-state index contributed by atoms with van der Waals surface area (Å²) >= 11 is 4.64. The molecule has 1 amide bonds. The molecular formula is C23H17BrN2O5S. The van der Waals surface area contributed by atoms with Crippen molar-refractivity contribution in [1.29, 1.82) is 0 Å². The molecule has 0 spiro atoms. The fourth-order valence-corrected chi connectivity index (χ4v) is 4.42. The number of rotatable bonds is 5. The van der Waals surface area contributed by atoms with E-state index >= 15 is 0 Å². The molecule has 4 aromatic rings. The molecule has 0 saturated carbocycles. The van der Waals surface area contributed by atoms with Gasteiger partial charge in [-0.3, -0.25) is 9.69 Å². The van der Waals surface area contributed by atoms with Crippen molar-refractivity contribution in [3.63, 3.8) is 0 Å². The van der Waals surface area contributed by atoms with E-state index in [0.717, 1.165) is 9.86 Å². The SMILES string of the molecule is CCOC(=O)c1ccc(N(C(C)=O)c2nc(-c3cc4cc(Br)ccc4oc3=O)cs2)cc1. The minimum absolute atomic E-state index is 0.260. The molecule has 0 atom stereocenters. The maximum atomic E-state index is 12.5. The summed E-state index contributed by atoms with van der Waals surface area (Å²) in [7, 11) is 0. The molecule has 0 aliphatic carbocycles. The van der Waals surface area contributed by atoms with Gasteiger partial charge in [0.15, 0.2) is 5.13 Å². The van der Waals surface area contributed by atoms with Gasteiger partial charge in [0.1, 0.15) is 5.58 Å². The third-order valence-electron chi connectivity index (χ3n) is 4.61. The first-order chi connectivity index (χ1) is 15.4. The smallest absolute Gasteiger partial charge is 0.345 e. The van der Waals surface area contributed by atoms with Gasteiger partial charge in [0, 0.05) is 22.2 Å². The lowest BCUT2D eigenvalue weighted by molar-refractivity contribution is -0.115. The largest absolute Gasteiger partial charge is 0.462 e. The van der Waals surface area contributed by atoms with Gasteiger partial charge in [0.05, 0.1) is 29.1 Å². The van der Waals surface area contributed by atoms with Gasteiger partial charge >= 0.3 is 11.6 Å². The van der Waals surface area contributed by atoms with E-state index in [9.17, 15) is 14.4 Å². The highest BCUT2D eigenvalue weighted by molar-refractivity contribution is 9.10.